The Labute approximate surface area is 190 Å². The van der Waals surface area contributed by atoms with Crippen molar-refractivity contribution in [3.8, 4) is 16.9 Å². The summed E-state index contributed by atoms with van der Waals surface area (Å²) in [5.74, 6) is -0.0857. The van der Waals surface area contributed by atoms with E-state index in [1.54, 1.807) is 64.2 Å². The summed E-state index contributed by atoms with van der Waals surface area (Å²) in [5.41, 5.74) is 1.49. The van der Waals surface area contributed by atoms with Gasteiger partial charge in [-0.2, -0.15) is 0 Å². The van der Waals surface area contributed by atoms with Crippen LogP contribution in [0.1, 0.15) is 39.7 Å². The third-order valence-corrected chi connectivity index (χ3v) is 6.54. The predicted octanol–water partition coefficient (Wildman–Crippen LogP) is 5.07. The van der Waals surface area contributed by atoms with Crippen molar-refractivity contribution in [1.82, 2.24) is 4.31 Å². The van der Waals surface area contributed by atoms with Crippen molar-refractivity contribution in [2.24, 2.45) is 0 Å². The predicted molar refractivity (Wildman–Crippen MR) is 123 cm³/mol. The summed E-state index contributed by atoms with van der Waals surface area (Å²) in [4.78, 5) is 12.3. The van der Waals surface area contributed by atoms with Gasteiger partial charge in [0.05, 0.1) is 4.90 Å². The second kappa shape index (κ2) is 10.0. The molecule has 0 atom stereocenters. The zero-order chi connectivity index (χ0) is 23.4. The van der Waals surface area contributed by atoms with Crippen LogP contribution >= 0.6 is 11.6 Å². The Morgan fingerprint density at radius 1 is 1.10 bits per heavy atom. The maximum absolute atomic E-state index is 12.9. The Bertz CT molecular complexity index is 1040. The van der Waals surface area contributed by atoms with Crippen LogP contribution in [0.3, 0.4) is 0 Å². The van der Waals surface area contributed by atoms with E-state index in [1.165, 1.54) is 4.31 Å². The van der Waals surface area contributed by atoms with E-state index in [4.69, 9.17) is 21.1 Å². The van der Waals surface area contributed by atoms with E-state index in [9.17, 15) is 13.2 Å². The molecule has 0 aliphatic carbocycles. The Balaban J connectivity index is 2.44. The van der Waals surface area contributed by atoms with Gasteiger partial charge in [0.25, 0.3) is 0 Å². The highest BCUT2D eigenvalue weighted by atomic mass is 35.5. The summed E-state index contributed by atoms with van der Waals surface area (Å²) < 4.78 is 38.2. The molecule has 170 valence electrons. The lowest BCUT2D eigenvalue weighted by Gasteiger charge is -2.20. The second-order valence-corrected chi connectivity index (χ2v) is 10.8. The van der Waals surface area contributed by atoms with Crippen molar-refractivity contribution in [2.75, 3.05) is 20.2 Å². The number of hydrogen-bond acceptors (Lipinski definition) is 5. The van der Waals surface area contributed by atoms with Gasteiger partial charge in [0.2, 0.25) is 10.0 Å². The molecule has 2 aromatic carbocycles. The molecule has 2 rings (SSSR count). The number of carbonyl (C=O) groups excluding carboxylic acids is 1. The zero-order valence-corrected chi connectivity index (χ0v) is 20.4. The Morgan fingerprint density at radius 2 is 1.77 bits per heavy atom. The van der Waals surface area contributed by atoms with Crippen LogP contribution in [0.15, 0.2) is 41.3 Å². The lowest BCUT2D eigenvalue weighted by Crippen LogP contribution is -2.27. The first-order chi connectivity index (χ1) is 14.3. The largest absolute Gasteiger partial charge is 0.481 e. The van der Waals surface area contributed by atoms with Crippen molar-refractivity contribution in [3.05, 3.63) is 47.0 Å². The molecule has 0 N–H and O–H groups in total. The van der Waals surface area contributed by atoms with Gasteiger partial charge in [0.1, 0.15) is 11.4 Å². The van der Waals surface area contributed by atoms with Gasteiger partial charge >= 0.3 is 5.97 Å². The van der Waals surface area contributed by atoms with Crippen LogP contribution in [0, 0.1) is 6.92 Å². The Hall–Kier alpha value is -2.09. The first-order valence-corrected chi connectivity index (χ1v) is 11.9. The minimum atomic E-state index is -3.63. The molecule has 0 saturated heterocycles. The number of nitrogens with zero attached hydrogens (tertiary/aromatic N) is 1. The summed E-state index contributed by atoms with van der Waals surface area (Å²) in [6.07, 6.45) is 0.714. The molecule has 0 heterocycles. The van der Waals surface area contributed by atoms with E-state index >= 15 is 0 Å². The number of ether oxygens (including phenoxy) is 2. The number of hydrogen-bond donors (Lipinski definition) is 0. The quantitative estimate of drug-likeness (QED) is 0.507. The molecule has 0 spiro atoms. The summed E-state index contributed by atoms with van der Waals surface area (Å²) >= 11 is 6.22. The topological polar surface area (TPSA) is 72.9 Å². The van der Waals surface area contributed by atoms with Gasteiger partial charge in [-0.05, 0) is 75.6 Å². The van der Waals surface area contributed by atoms with Gasteiger partial charge < -0.3 is 9.47 Å². The fraction of sp³-hybridized carbons (Fsp3) is 0.435. The van der Waals surface area contributed by atoms with Gasteiger partial charge in [-0.15, -0.1) is 0 Å². The summed E-state index contributed by atoms with van der Waals surface area (Å²) in [6.45, 7) is 9.29. The summed E-state index contributed by atoms with van der Waals surface area (Å²) in [5, 5.41) is 0.468. The van der Waals surface area contributed by atoms with Crippen LogP contribution in [-0.4, -0.2) is 44.5 Å². The molecule has 2 aromatic rings. The SMILES string of the molecule is CCCN(C)S(=O)(=O)c1ccc(C)c(-c2cc(Cl)ccc2OCC(=O)OC(C)(C)C)c1. The van der Waals surface area contributed by atoms with Gasteiger partial charge in [-0.3, -0.25) is 0 Å². The molecule has 0 fully saturated rings. The van der Waals surface area contributed by atoms with Gasteiger partial charge in [-0.25, -0.2) is 17.5 Å². The zero-order valence-electron chi connectivity index (χ0n) is 18.9. The van der Waals surface area contributed by atoms with Gasteiger partial charge in [-0.1, -0.05) is 24.6 Å². The Morgan fingerprint density at radius 3 is 2.39 bits per heavy atom. The van der Waals surface area contributed by atoms with Crippen LogP contribution in [0.4, 0.5) is 0 Å². The van der Waals surface area contributed by atoms with Crippen molar-refractivity contribution in [3.63, 3.8) is 0 Å². The minimum Gasteiger partial charge on any atom is -0.481 e. The van der Waals surface area contributed by atoms with Crippen molar-refractivity contribution < 1.29 is 22.7 Å². The molecule has 0 aliphatic heterocycles. The van der Waals surface area contributed by atoms with E-state index in [2.05, 4.69) is 0 Å². The van der Waals surface area contributed by atoms with E-state index in [1.807, 2.05) is 13.8 Å². The third kappa shape index (κ3) is 6.69. The maximum Gasteiger partial charge on any atom is 0.344 e. The highest BCUT2D eigenvalue weighted by molar-refractivity contribution is 7.89. The number of benzene rings is 2. The third-order valence-electron chi connectivity index (χ3n) is 4.45. The number of carbonyl (C=O) groups is 1. The fourth-order valence-electron chi connectivity index (χ4n) is 3.01. The maximum atomic E-state index is 12.9. The lowest BCUT2D eigenvalue weighted by atomic mass is 10.00. The van der Waals surface area contributed by atoms with E-state index < -0.39 is 21.6 Å². The molecule has 0 radical (unpaired) electrons. The first-order valence-electron chi connectivity index (χ1n) is 10.1. The molecule has 31 heavy (non-hydrogen) atoms. The molecule has 8 heteroatoms. The van der Waals surface area contributed by atoms with E-state index in [-0.39, 0.29) is 11.5 Å². The molecule has 0 aliphatic rings. The second-order valence-electron chi connectivity index (χ2n) is 8.32. The van der Waals surface area contributed by atoms with Crippen molar-refractivity contribution >= 4 is 27.6 Å². The smallest absolute Gasteiger partial charge is 0.344 e. The number of esters is 1. The van der Waals surface area contributed by atoms with Gasteiger partial charge in [0.15, 0.2) is 6.61 Å². The monoisotopic (exact) mass is 467 g/mol. The fourth-order valence-corrected chi connectivity index (χ4v) is 4.47. The highest BCUT2D eigenvalue weighted by Crippen LogP contribution is 2.36. The van der Waals surface area contributed by atoms with Crippen LogP contribution in [0.5, 0.6) is 5.75 Å². The van der Waals surface area contributed by atoms with Crippen molar-refractivity contribution in [2.45, 2.75) is 51.5 Å². The molecule has 0 amide bonds. The average molecular weight is 468 g/mol. The van der Waals surface area contributed by atoms with Crippen molar-refractivity contribution in [1.29, 1.82) is 0 Å². The molecule has 0 bridgehead atoms. The first kappa shape index (κ1) is 25.2. The highest BCUT2D eigenvalue weighted by Gasteiger charge is 2.22. The summed E-state index contributed by atoms with van der Waals surface area (Å²) in [6, 6.07) is 9.96. The Kier molecular flexibility index (Phi) is 8.14. The van der Waals surface area contributed by atoms with Crippen LogP contribution in [0.25, 0.3) is 11.1 Å². The standard InChI is InChI=1S/C23H30ClNO5S/c1-7-12-25(6)31(27,28)18-10-8-16(2)19(14-18)20-13-17(24)9-11-21(20)29-15-22(26)30-23(3,4)5/h8-11,13-14H,7,12,15H2,1-6H3. The molecule has 6 nitrogen and oxygen atoms in total. The summed E-state index contributed by atoms with van der Waals surface area (Å²) in [7, 11) is -2.07. The molecular weight excluding hydrogens is 438 g/mol. The lowest BCUT2D eigenvalue weighted by molar-refractivity contribution is -0.157. The molecule has 0 saturated carbocycles. The molecule has 0 unspecified atom stereocenters. The normalized spacial score (nSPS) is 12.1. The number of halogens is 1. The molecular formula is C23H30ClNO5S. The van der Waals surface area contributed by atoms with Crippen LogP contribution in [-0.2, 0) is 19.6 Å². The van der Waals surface area contributed by atoms with Crippen LogP contribution < -0.4 is 4.74 Å². The van der Waals surface area contributed by atoms with E-state index in [0.29, 0.717) is 34.9 Å². The number of rotatable bonds is 8. The van der Waals surface area contributed by atoms with E-state index in [0.717, 1.165) is 5.56 Å². The average Bonchev–Trinajstić information content (AvgIpc) is 2.66. The molecule has 0 aromatic heterocycles. The van der Waals surface area contributed by atoms with Gasteiger partial charge in [0, 0.05) is 24.2 Å². The minimum absolute atomic E-state index is 0.183. The number of sulfonamides is 1. The van der Waals surface area contributed by atoms with Crippen LogP contribution in [0.2, 0.25) is 5.02 Å². The number of aryl methyl sites for hydroxylation is 1.